The number of halogens is 2. The Morgan fingerprint density at radius 1 is 0.643 bits per heavy atom. The van der Waals surface area contributed by atoms with Gasteiger partial charge in [0.2, 0.25) is 0 Å². The number of aliphatic hydroxyl groups excluding tert-OH is 1. The number of nitrogens with zero attached hydrogens (tertiary/aromatic N) is 3. The SMILES string of the molecule is NCc1ccc(C2CCCCC2)cc1N[C@@H]1CCCN(c2cc(F)cc(-c3cc(F)cc(N4CCCC(c5cccc(CN6CCCCC6)c5CO)C4)c3)c2)C1. The minimum atomic E-state index is -0.321. The molecule has 0 amide bonds. The zero-order valence-corrected chi connectivity index (χ0v) is 33.1. The maximum Gasteiger partial charge on any atom is 0.125 e. The van der Waals surface area contributed by atoms with Crippen LogP contribution in [0.15, 0.2) is 72.8 Å². The number of hydrogen-bond acceptors (Lipinski definition) is 6. The first-order valence-electron chi connectivity index (χ1n) is 21.6. The van der Waals surface area contributed by atoms with Gasteiger partial charge in [-0.05, 0) is 152 Å². The molecular formula is C48H61F2N5O. The van der Waals surface area contributed by atoms with Gasteiger partial charge >= 0.3 is 0 Å². The number of piperidine rings is 3. The van der Waals surface area contributed by atoms with Crippen LogP contribution < -0.4 is 20.9 Å². The number of aliphatic hydroxyl groups is 1. The van der Waals surface area contributed by atoms with Gasteiger partial charge in [0, 0.05) is 68.3 Å². The molecule has 0 spiro atoms. The van der Waals surface area contributed by atoms with Crippen molar-refractivity contribution in [3.8, 4) is 11.1 Å². The van der Waals surface area contributed by atoms with Crippen LogP contribution >= 0.6 is 0 Å². The van der Waals surface area contributed by atoms with Gasteiger partial charge in [-0.2, -0.15) is 0 Å². The Labute approximate surface area is 333 Å². The van der Waals surface area contributed by atoms with Gasteiger partial charge in [0.15, 0.2) is 0 Å². The normalized spacial score (nSPS) is 21.4. The lowest BCUT2D eigenvalue weighted by atomic mass is 9.83. The summed E-state index contributed by atoms with van der Waals surface area (Å²) >= 11 is 0. The Kier molecular flexibility index (Phi) is 12.6. The molecule has 1 aliphatic carbocycles. The Morgan fingerprint density at radius 3 is 2.00 bits per heavy atom. The molecule has 4 N–H and O–H groups in total. The monoisotopic (exact) mass is 761 g/mol. The Morgan fingerprint density at radius 2 is 1.30 bits per heavy atom. The van der Waals surface area contributed by atoms with Crippen molar-refractivity contribution in [3.63, 3.8) is 0 Å². The number of nitrogens with two attached hydrogens (primary N) is 1. The summed E-state index contributed by atoms with van der Waals surface area (Å²) in [5.74, 6) is 0.215. The van der Waals surface area contributed by atoms with Crippen LogP contribution in [0.1, 0.15) is 117 Å². The lowest BCUT2D eigenvalue weighted by molar-refractivity contribution is 0.217. The zero-order chi connectivity index (χ0) is 38.4. The Hall–Kier alpha value is -3.98. The smallest absolute Gasteiger partial charge is 0.125 e. The highest BCUT2D eigenvalue weighted by molar-refractivity contribution is 5.73. The Balaban J connectivity index is 0.987. The van der Waals surface area contributed by atoms with Gasteiger partial charge in [-0.25, -0.2) is 8.78 Å². The lowest BCUT2D eigenvalue weighted by Crippen LogP contribution is -2.42. The molecule has 2 atom stereocenters. The summed E-state index contributed by atoms with van der Waals surface area (Å²) in [5.41, 5.74) is 16.4. The number of nitrogens with one attached hydrogen (secondary N) is 1. The van der Waals surface area contributed by atoms with Crippen molar-refractivity contribution in [1.82, 2.24) is 4.90 Å². The molecule has 8 heteroatoms. The second kappa shape index (κ2) is 18.1. The zero-order valence-electron chi connectivity index (χ0n) is 33.1. The molecule has 0 bridgehead atoms. The minimum absolute atomic E-state index is 0.0258. The van der Waals surface area contributed by atoms with Gasteiger partial charge in [0.1, 0.15) is 11.6 Å². The molecule has 8 rings (SSSR count). The van der Waals surface area contributed by atoms with E-state index in [1.165, 1.54) is 80.2 Å². The minimum Gasteiger partial charge on any atom is -0.392 e. The van der Waals surface area contributed by atoms with E-state index in [0.29, 0.717) is 23.6 Å². The fourth-order valence-electron chi connectivity index (χ4n) is 10.2. The lowest BCUT2D eigenvalue weighted by Gasteiger charge is -2.36. The standard InChI is InChI=1S/C48H61F2N5O/c49-41-22-39(24-44(27-41)54-20-8-13-38(31-54)46-15-7-12-37(47(46)33-56)30-53-18-5-2-6-19-53)40-23-42(50)28-45(25-40)55-21-9-14-43(32-55)52-48-26-35(16-17-36(48)29-51)34-10-3-1-4-11-34/h7,12,15-17,22-28,34,38,43,52,56H,1-6,8-11,13-14,18-21,29-33,51H2/t38?,43-/m1/s1. The van der Waals surface area contributed by atoms with Crippen molar-refractivity contribution < 1.29 is 13.9 Å². The van der Waals surface area contributed by atoms with Crippen LogP contribution in [0.3, 0.4) is 0 Å². The van der Waals surface area contributed by atoms with Crippen molar-refractivity contribution in [2.45, 2.75) is 115 Å². The molecule has 1 unspecified atom stereocenters. The quantitative estimate of drug-likeness (QED) is 0.141. The van der Waals surface area contributed by atoms with Crippen LogP contribution in [-0.2, 0) is 19.7 Å². The van der Waals surface area contributed by atoms with E-state index in [1.54, 1.807) is 12.1 Å². The van der Waals surface area contributed by atoms with Crippen molar-refractivity contribution >= 4 is 17.1 Å². The molecule has 1 saturated carbocycles. The molecule has 298 valence electrons. The van der Waals surface area contributed by atoms with E-state index in [-0.39, 0.29) is 30.2 Å². The van der Waals surface area contributed by atoms with E-state index in [4.69, 9.17) is 5.73 Å². The van der Waals surface area contributed by atoms with E-state index >= 15 is 8.78 Å². The molecule has 4 aromatic rings. The molecule has 4 aromatic carbocycles. The summed E-state index contributed by atoms with van der Waals surface area (Å²) < 4.78 is 31.0. The topological polar surface area (TPSA) is 68.0 Å². The largest absolute Gasteiger partial charge is 0.392 e. The third kappa shape index (κ3) is 9.09. The van der Waals surface area contributed by atoms with Gasteiger partial charge in [0.05, 0.1) is 6.61 Å². The van der Waals surface area contributed by atoms with Crippen LogP contribution in [-0.4, -0.2) is 55.3 Å². The van der Waals surface area contributed by atoms with Crippen LogP contribution in [0.2, 0.25) is 0 Å². The molecule has 3 aliphatic heterocycles. The highest BCUT2D eigenvalue weighted by atomic mass is 19.1. The number of anilines is 3. The average molecular weight is 762 g/mol. The van der Waals surface area contributed by atoms with E-state index in [1.807, 2.05) is 12.1 Å². The molecule has 56 heavy (non-hydrogen) atoms. The fourth-order valence-corrected chi connectivity index (χ4v) is 10.2. The van der Waals surface area contributed by atoms with E-state index in [2.05, 4.69) is 56.4 Å². The summed E-state index contributed by atoms with van der Waals surface area (Å²) in [6, 6.07) is 23.9. The summed E-state index contributed by atoms with van der Waals surface area (Å²) in [6.45, 7) is 6.77. The fraction of sp³-hybridized carbons (Fsp3) is 0.500. The van der Waals surface area contributed by atoms with Gasteiger partial charge < -0.3 is 26.0 Å². The summed E-state index contributed by atoms with van der Waals surface area (Å²) in [5, 5.41) is 14.5. The molecule has 4 aliphatic rings. The molecular weight excluding hydrogens is 701 g/mol. The maximum atomic E-state index is 15.5. The van der Waals surface area contributed by atoms with Gasteiger partial charge in [-0.1, -0.05) is 56.0 Å². The molecule has 4 fully saturated rings. The second-order valence-electron chi connectivity index (χ2n) is 17.0. The van der Waals surface area contributed by atoms with Crippen molar-refractivity contribution in [3.05, 3.63) is 112 Å². The highest BCUT2D eigenvalue weighted by Crippen LogP contribution is 2.38. The molecule has 0 radical (unpaired) electrons. The summed E-state index contributed by atoms with van der Waals surface area (Å²) in [4.78, 5) is 7.06. The van der Waals surface area contributed by atoms with Gasteiger partial charge in [-0.3, -0.25) is 4.90 Å². The van der Waals surface area contributed by atoms with Crippen molar-refractivity contribution in [2.24, 2.45) is 5.73 Å². The predicted octanol–water partition coefficient (Wildman–Crippen LogP) is 10.1. The number of hydrogen-bond donors (Lipinski definition) is 3. The maximum absolute atomic E-state index is 15.5. The second-order valence-corrected chi connectivity index (χ2v) is 17.0. The third-order valence-electron chi connectivity index (χ3n) is 13.2. The number of likely N-dealkylation sites (tertiary alicyclic amines) is 1. The molecule has 3 heterocycles. The van der Waals surface area contributed by atoms with Crippen LogP contribution in [0, 0.1) is 11.6 Å². The molecule has 3 saturated heterocycles. The number of benzene rings is 4. The van der Waals surface area contributed by atoms with Crippen LogP contribution in [0.5, 0.6) is 0 Å². The number of rotatable bonds is 11. The van der Waals surface area contributed by atoms with Gasteiger partial charge in [0.25, 0.3) is 0 Å². The highest BCUT2D eigenvalue weighted by Gasteiger charge is 2.27. The predicted molar refractivity (Wildman–Crippen MR) is 226 cm³/mol. The van der Waals surface area contributed by atoms with E-state index in [0.717, 1.165) is 99.7 Å². The first kappa shape index (κ1) is 38.9. The van der Waals surface area contributed by atoms with Crippen LogP contribution in [0.4, 0.5) is 25.8 Å². The first-order chi connectivity index (χ1) is 27.4. The molecule has 0 aromatic heterocycles. The first-order valence-corrected chi connectivity index (χ1v) is 21.6. The van der Waals surface area contributed by atoms with Gasteiger partial charge in [-0.15, -0.1) is 0 Å². The van der Waals surface area contributed by atoms with E-state index in [9.17, 15) is 5.11 Å². The van der Waals surface area contributed by atoms with Crippen molar-refractivity contribution in [2.75, 3.05) is 54.4 Å². The molecule has 6 nitrogen and oxygen atoms in total. The summed E-state index contributed by atoms with van der Waals surface area (Å²) in [6.07, 6.45) is 14.2. The Bertz CT molecular complexity index is 1940. The van der Waals surface area contributed by atoms with E-state index < -0.39 is 0 Å². The van der Waals surface area contributed by atoms with Crippen molar-refractivity contribution in [1.29, 1.82) is 0 Å². The summed E-state index contributed by atoms with van der Waals surface area (Å²) in [7, 11) is 0. The average Bonchev–Trinajstić information content (AvgIpc) is 3.24. The third-order valence-corrected chi connectivity index (χ3v) is 13.2. The van der Waals surface area contributed by atoms with Crippen LogP contribution in [0.25, 0.3) is 11.1 Å².